The molecule has 0 aliphatic heterocycles. The molecule has 3 unspecified atom stereocenters. The summed E-state index contributed by atoms with van der Waals surface area (Å²) in [5.74, 6) is 6.95. The lowest BCUT2D eigenvalue weighted by molar-refractivity contribution is 0.412. The average Bonchev–Trinajstić information content (AvgIpc) is 2.70. The zero-order valence-electron chi connectivity index (χ0n) is 9.34. The maximum Gasteiger partial charge on any atom is 0.00824 e. The molecule has 80 valence electrons. The predicted octanol–water partition coefficient (Wildman–Crippen LogP) is 3.47. The van der Waals surface area contributed by atoms with E-state index in [1.807, 2.05) is 0 Å². The normalized spacial score (nSPS) is 54.8. The van der Waals surface area contributed by atoms with Gasteiger partial charge in [0.25, 0.3) is 0 Å². The molecule has 5 fully saturated rings. The first-order chi connectivity index (χ1) is 7.88. The maximum absolute atomic E-state index is 4.45. The Morgan fingerprint density at radius 3 is 2.44 bits per heavy atom. The van der Waals surface area contributed by atoms with E-state index in [2.05, 4.69) is 36.9 Å². The summed E-state index contributed by atoms with van der Waals surface area (Å²) in [5.41, 5.74) is 3.12. The summed E-state index contributed by atoms with van der Waals surface area (Å²) in [4.78, 5) is 0. The smallest absolute Gasteiger partial charge is 0.00824 e. The monoisotopic (exact) mass is 208 g/mol. The molecule has 6 rings (SSSR count). The van der Waals surface area contributed by atoms with Crippen LogP contribution in [0.15, 0.2) is 42.5 Å². The summed E-state index contributed by atoms with van der Waals surface area (Å²) in [6, 6.07) is 11.1. The van der Waals surface area contributed by atoms with E-state index < -0.39 is 0 Å². The molecule has 0 spiro atoms. The van der Waals surface area contributed by atoms with Crippen molar-refractivity contribution < 1.29 is 0 Å². The van der Waals surface area contributed by atoms with Crippen LogP contribution in [0.3, 0.4) is 0 Å². The Morgan fingerprint density at radius 1 is 0.938 bits per heavy atom. The van der Waals surface area contributed by atoms with Crippen LogP contribution in [0.2, 0.25) is 0 Å². The fourth-order valence-electron chi connectivity index (χ4n) is 5.76. The van der Waals surface area contributed by atoms with Gasteiger partial charge >= 0.3 is 0 Å². The van der Waals surface area contributed by atoms with Crippen molar-refractivity contribution in [2.75, 3.05) is 0 Å². The molecule has 0 heteroatoms. The van der Waals surface area contributed by atoms with E-state index in [0.717, 1.165) is 35.5 Å². The van der Waals surface area contributed by atoms with E-state index in [0.29, 0.717) is 5.92 Å². The van der Waals surface area contributed by atoms with Gasteiger partial charge in [0.05, 0.1) is 0 Å². The molecule has 6 bridgehead atoms. The minimum absolute atomic E-state index is 0.713. The third kappa shape index (κ3) is 0.661. The van der Waals surface area contributed by atoms with Crippen LogP contribution in [-0.4, -0.2) is 0 Å². The number of hydrogen-bond donors (Lipinski definition) is 0. The number of allylic oxidation sites excluding steroid dienone is 1. The molecule has 16 heavy (non-hydrogen) atoms. The zero-order chi connectivity index (χ0) is 10.4. The largest absolute Gasteiger partial charge is 0.0989 e. The lowest BCUT2D eigenvalue weighted by Gasteiger charge is -2.24. The van der Waals surface area contributed by atoms with Crippen molar-refractivity contribution in [1.29, 1.82) is 0 Å². The van der Waals surface area contributed by atoms with Crippen LogP contribution in [0.5, 0.6) is 0 Å². The van der Waals surface area contributed by atoms with Crippen LogP contribution >= 0.6 is 0 Å². The molecular formula is C16H16. The van der Waals surface area contributed by atoms with Crippen LogP contribution in [0, 0.1) is 35.5 Å². The Balaban J connectivity index is 1.65. The van der Waals surface area contributed by atoms with Crippen molar-refractivity contribution in [3.05, 3.63) is 48.0 Å². The third-order valence-electron chi connectivity index (χ3n) is 6.02. The molecule has 1 aromatic carbocycles. The molecule has 1 aromatic rings. The van der Waals surface area contributed by atoms with E-state index in [1.54, 1.807) is 5.57 Å². The van der Waals surface area contributed by atoms with Crippen LogP contribution in [0.25, 0.3) is 0 Å². The number of rotatable bonds is 1. The van der Waals surface area contributed by atoms with Gasteiger partial charge in [0.2, 0.25) is 0 Å². The van der Waals surface area contributed by atoms with Crippen molar-refractivity contribution in [3.63, 3.8) is 0 Å². The molecule has 0 saturated heterocycles. The van der Waals surface area contributed by atoms with Crippen molar-refractivity contribution in [2.24, 2.45) is 35.5 Å². The first kappa shape index (κ1) is 8.11. The van der Waals surface area contributed by atoms with Crippen LogP contribution in [0.4, 0.5) is 0 Å². The first-order valence-corrected chi connectivity index (χ1v) is 6.61. The van der Waals surface area contributed by atoms with E-state index in [9.17, 15) is 0 Å². The molecule has 0 nitrogen and oxygen atoms in total. The Hall–Kier alpha value is -1.04. The summed E-state index contributed by atoms with van der Waals surface area (Å²) in [5, 5.41) is 0. The zero-order valence-corrected chi connectivity index (χ0v) is 9.34. The van der Waals surface area contributed by atoms with Gasteiger partial charge < -0.3 is 0 Å². The molecule has 0 amide bonds. The molecule has 0 heterocycles. The fraction of sp³-hybridized carbons (Fsp3) is 0.500. The minimum Gasteiger partial charge on any atom is -0.0989 e. The highest BCUT2D eigenvalue weighted by atomic mass is 14.8. The maximum atomic E-state index is 4.45. The second-order valence-electron chi connectivity index (χ2n) is 6.28. The highest BCUT2D eigenvalue weighted by Gasteiger charge is 2.78. The molecular weight excluding hydrogens is 192 g/mol. The van der Waals surface area contributed by atoms with Crippen molar-refractivity contribution in [2.45, 2.75) is 12.3 Å². The van der Waals surface area contributed by atoms with E-state index in [4.69, 9.17) is 0 Å². The van der Waals surface area contributed by atoms with Gasteiger partial charge in [-0.2, -0.15) is 0 Å². The molecule has 5 aliphatic rings. The molecule has 0 aromatic heterocycles. The molecule has 5 saturated carbocycles. The van der Waals surface area contributed by atoms with Crippen LogP contribution < -0.4 is 0 Å². The fourth-order valence-corrected chi connectivity index (χ4v) is 5.76. The Labute approximate surface area is 96.4 Å². The summed E-state index contributed by atoms with van der Waals surface area (Å²) >= 11 is 0. The summed E-state index contributed by atoms with van der Waals surface area (Å²) < 4.78 is 0. The minimum atomic E-state index is 0.713. The summed E-state index contributed by atoms with van der Waals surface area (Å²) in [7, 11) is 0. The SMILES string of the molecule is C=C1C(c2ccccc2)[C@H]2C3CC4[C@H]2[C@@H]4[C@H]13. The van der Waals surface area contributed by atoms with E-state index in [1.165, 1.54) is 12.0 Å². The van der Waals surface area contributed by atoms with Crippen molar-refractivity contribution in [1.82, 2.24) is 0 Å². The Morgan fingerprint density at radius 2 is 1.75 bits per heavy atom. The van der Waals surface area contributed by atoms with Gasteiger partial charge in [0.15, 0.2) is 0 Å². The van der Waals surface area contributed by atoms with Gasteiger partial charge in [-0.15, -0.1) is 0 Å². The average molecular weight is 208 g/mol. The quantitative estimate of drug-likeness (QED) is 0.620. The van der Waals surface area contributed by atoms with Gasteiger partial charge in [-0.3, -0.25) is 0 Å². The predicted molar refractivity (Wildman–Crippen MR) is 63.9 cm³/mol. The van der Waals surface area contributed by atoms with Gasteiger partial charge in [-0.05, 0) is 47.5 Å². The summed E-state index contributed by atoms with van der Waals surface area (Å²) in [6.07, 6.45) is 1.53. The van der Waals surface area contributed by atoms with Gasteiger partial charge in [-0.1, -0.05) is 42.5 Å². The van der Waals surface area contributed by atoms with Crippen LogP contribution in [-0.2, 0) is 0 Å². The van der Waals surface area contributed by atoms with E-state index >= 15 is 0 Å². The second kappa shape index (κ2) is 2.30. The Kier molecular flexibility index (Phi) is 1.16. The van der Waals surface area contributed by atoms with Gasteiger partial charge in [0, 0.05) is 5.92 Å². The molecule has 0 radical (unpaired) electrons. The highest BCUT2D eigenvalue weighted by molar-refractivity contribution is 5.44. The lowest BCUT2D eigenvalue weighted by Crippen LogP contribution is -2.13. The summed E-state index contributed by atoms with van der Waals surface area (Å²) in [6.45, 7) is 4.45. The number of hydrogen-bond acceptors (Lipinski definition) is 0. The van der Waals surface area contributed by atoms with E-state index in [-0.39, 0.29) is 0 Å². The second-order valence-corrected chi connectivity index (χ2v) is 6.28. The highest BCUT2D eigenvalue weighted by Crippen LogP contribution is 2.84. The van der Waals surface area contributed by atoms with Crippen molar-refractivity contribution >= 4 is 0 Å². The van der Waals surface area contributed by atoms with Gasteiger partial charge in [0.1, 0.15) is 0 Å². The third-order valence-corrected chi connectivity index (χ3v) is 6.02. The number of benzene rings is 1. The topological polar surface area (TPSA) is 0 Å². The first-order valence-electron chi connectivity index (χ1n) is 6.61. The molecule has 5 aliphatic carbocycles. The van der Waals surface area contributed by atoms with Gasteiger partial charge in [-0.25, -0.2) is 0 Å². The Bertz CT molecular complexity index is 486. The molecule has 0 N–H and O–H groups in total. The standard InChI is InChI=1S/C16H16/c1-8-12(9-5-3-2-4-6-9)14-10-7-11-15(13(8)10)16(11)14/h2-6,10-16H,1,7H2/t10?,11?,12?,13-,14-,15+,16-/m1/s1. The van der Waals surface area contributed by atoms with Crippen LogP contribution in [0.1, 0.15) is 17.9 Å². The lowest BCUT2D eigenvalue weighted by atomic mass is 9.80. The van der Waals surface area contributed by atoms with Crippen molar-refractivity contribution in [3.8, 4) is 0 Å². The molecule has 7 atom stereocenters.